The smallest absolute Gasteiger partial charge is 0.327 e. The Kier molecular flexibility index (Phi) is 32.0. The van der Waals surface area contributed by atoms with E-state index in [0.717, 1.165) is 60.8 Å². The standard InChI is InChI=1S/C65H101N7O22S2/c1-8-64(4,5)92-29-47-53(81)54(82)55(83)63(93-47)94-56-51-39(24-48(76)65(51,6)26-40-36(28-91-7)15-18-38(40)34(3)52(56)80)33(2)30-95-22-12-10-9-11-21-68-61(88)46(75)32-96-31-45(62(89)90)72-59(86)43(25-50(78)79)70-58(85)42(23-35-13-16-37(74)17-14-35)69-60(87)44(27-73)71-57(84)41(66)19-20-49(67)77/h8,13-14,16-17,26,33-34,36,38,41-48,52-56,63,73-76,80-83H,1,9-12,15,18-25,27-32,66H2,2-7H3,(H2,67,77)(H,68,88)(H,69,87)(H,70,85)(H,71,84)(H,72,86)(H,78,79)(H,89,90)/b40-26-/t33-,34-,36-,38+,41+,42+,43+,44+,45+,46-,47+,48+,52-,53+,54-,55+,56-,63+,65+/m1/s1. The number of hydrogen-bond donors (Lipinski definition) is 17. The van der Waals surface area contributed by atoms with Gasteiger partial charge in [0, 0.05) is 49.3 Å². The quantitative estimate of drug-likeness (QED) is 0.0277. The maximum atomic E-state index is 13.8. The topological polar surface area (TPSA) is 488 Å². The molecule has 540 valence electrons. The Bertz CT molecular complexity index is 2870. The maximum absolute atomic E-state index is 13.8. The van der Waals surface area contributed by atoms with E-state index in [9.17, 15) is 89.4 Å². The molecule has 0 radical (unpaired) electrons. The van der Waals surface area contributed by atoms with Gasteiger partial charge in [-0.05, 0) is 112 Å². The van der Waals surface area contributed by atoms with Gasteiger partial charge in [0.2, 0.25) is 35.4 Å². The number of carbonyl (C=O) groups excluding carboxylic acids is 6. The monoisotopic (exact) mass is 1400 g/mol. The van der Waals surface area contributed by atoms with E-state index in [1.54, 1.807) is 38.8 Å². The molecule has 0 aromatic heterocycles. The molecule has 31 heteroatoms. The molecule has 29 nitrogen and oxygen atoms in total. The van der Waals surface area contributed by atoms with Crippen LogP contribution in [0.15, 0.2) is 59.7 Å². The summed E-state index contributed by atoms with van der Waals surface area (Å²) in [4.78, 5) is 102. The molecule has 3 aliphatic carbocycles. The Morgan fingerprint density at radius 2 is 1.45 bits per heavy atom. The lowest BCUT2D eigenvalue weighted by atomic mass is 9.68. The fourth-order valence-electron chi connectivity index (χ4n) is 12.3. The Morgan fingerprint density at radius 3 is 2.08 bits per heavy atom. The molecule has 0 bridgehead atoms. The molecule has 6 amide bonds. The highest BCUT2D eigenvalue weighted by atomic mass is 32.2. The van der Waals surface area contributed by atoms with Gasteiger partial charge in [-0.2, -0.15) is 23.5 Å². The molecule has 4 aliphatic rings. The SMILES string of the molecule is C=CC(C)(C)OC[C@@H]1O[C@@H](O[C@@H]2C3=C([C@H](C)CSCCCCCCNC(=O)[C@H](O)CSC[C@H](NC(=O)[C@H](CC(=O)O)NC(=O)[C@H](Cc4ccc(O)cc4)NC(=O)[C@H](CO)NC(=O)[C@@H](N)CCC(N)=O)C(=O)O)C[C@H](O)[C@]3(C)/C=C3/[C@@H](COC)CC[C@H]3[C@@H](C)[C@H]2O)[C@@H](O)[C@H](O)[C@H]1O. The van der Waals surface area contributed by atoms with E-state index in [-0.39, 0.29) is 67.6 Å². The van der Waals surface area contributed by atoms with Crippen LogP contribution in [0.1, 0.15) is 104 Å². The van der Waals surface area contributed by atoms with Crippen LogP contribution in [0.2, 0.25) is 0 Å². The molecule has 5 rings (SSSR count). The first kappa shape index (κ1) is 80.9. The van der Waals surface area contributed by atoms with Crippen LogP contribution in [0.3, 0.4) is 0 Å². The summed E-state index contributed by atoms with van der Waals surface area (Å²) >= 11 is 2.51. The minimum absolute atomic E-state index is 0.0512. The summed E-state index contributed by atoms with van der Waals surface area (Å²) in [6.07, 6.45) is -5.49. The number of aliphatic carboxylic acids is 2. The maximum Gasteiger partial charge on any atom is 0.327 e. The molecule has 0 spiro atoms. The van der Waals surface area contributed by atoms with Crippen molar-refractivity contribution < 1.29 is 108 Å². The second kappa shape index (κ2) is 38.0. The summed E-state index contributed by atoms with van der Waals surface area (Å²) in [5.74, 6) is -9.00. The number of benzene rings is 1. The number of carboxylic acid groups (broad SMARTS) is 2. The fraction of sp³-hybridized carbons (Fsp3) is 0.692. The van der Waals surface area contributed by atoms with Crippen LogP contribution in [-0.4, -0.2) is 246 Å². The Balaban J connectivity index is 1.12. The van der Waals surface area contributed by atoms with E-state index in [0.29, 0.717) is 36.3 Å². The van der Waals surface area contributed by atoms with Crippen LogP contribution in [-0.2, 0) is 63.7 Å². The number of nitrogens with two attached hydrogens (primary N) is 2. The lowest BCUT2D eigenvalue weighted by Gasteiger charge is -2.46. The molecular weight excluding hydrogens is 1290 g/mol. The molecule has 1 aromatic rings. The van der Waals surface area contributed by atoms with Crippen LogP contribution in [0, 0.1) is 29.1 Å². The molecule has 1 aromatic carbocycles. The van der Waals surface area contributed by atoms with Gasteiger partial charge in [-0.25, -0.2) is 4.79 Å². The number of hydrogen-bond acceptors (Lipinski definition) is 23. The molecule has 1 heterocycles. The zero-order chi connectivity index (χ0) is 71.4. The van der Waals surface area contributed by atoms with Crippen LogP contribution in [0.4, 0.5) is 0 Å². The van der Waals surface area contributed by atoms with Crippen molar-refractivity contribution in [1.82, 2.24) is 26.6 Å². The lowest BCUT2D eigenvalue weighted by molar-refractivity contribution is -0.319. The number of thioether (sulfide) groups is 2. The number of ether oxygens (including phenoxy) is 4. The van der Waals surface area contributed by atoms with E-state index >= 15 is 0 Å². The summed E-state index contributed by atoms with van der Waals surface area (Å²) in [6, 6.07) is -3.01. The van der Waals surface area contributed by atoms with Gasteiger partial charge in [-0.3, -0.25) is 33.6 Å². The molecule has 0 unspecified atom stereocenters. The first-order valence-corrected chi connectivity index (χ1v) is 34.7. The second-order valence-corrected chi connectivity index (χ2v) is 28.3. The Hall–Kier alpha value is -5.78. The average molecular weight is 1400 g/mol. The minimum atomic E-state index is -1.94. The number of phenolic OH excluding ortho intramolecular Hbond substituents is 1. The number of aliphatic hydroxyl groups excluding tert-OH is 7. The van der Waals surface area contributed by atoms with Crippen LogP contribution >= 0.6 is 23.5 Å². The highest BCUT2D eigenvalue weighted by Crippen LogP contribution is 2.56. The van der Waals surface area contributed by atoms with Crippen LogP contribution < -0.4 is 38.1 Å². The predicted molar refractivity (Wildman–Crippen MR) is 353 cm³/mol. The Morgan fingerprint density at radius 1 is 0.812 bits per heavy atom. The molecular formula is C65H101N7O22S2. The average Bonchev–Trinajstić information content (AvgIpc) is 1.55. The first-order valence-electron chi connectivity index (χ1n) is 32.4. The number of primary amides is 1. The summed E-state index contributed by atoms with van der Waals surface area (Å²) in [5, 5.41) is 120. The third kappa shape index (κ3) is 22.9. The van der Waals surface area contributed by atoms with Crippen LogP contribution in [0.5, 0.6) is 5.75 Å². The lowest BCUT2D eigenvalue weighted by Crippen LogP contribution is -2.61. The van der Waals surface area contributed by atoms with Gasteiger partial charge >= 0.3 is 11.9 Å². The second-order valence-electron chi connectivity index (χ2n) is 26.0. The Labute approximate surface area is 567 Å². The zero-order valence-corrected chi connectivity index (χ0v) is 57.0. The van der Waals surface area contributed by atoms with Crippen LogP contribution in [0.25, 0.3) is 0 Å². The summed E-state index contributed by atoms with van der Waals surface area (Å²) in [7, 11) is 1.65. The third-order valence-corrected chi connectivity index (χ3v) is 20.7. The number of nitrogens with one attached hydrogen (secondary N) is 5. The van der Waals surface area contributed by atoms with Crippen molar-refractivity contribution >= 4 is 70.9 Å². The number of amides is 6. The number of rotatable bonds is 40. The van der Waals surface area contributed by atoms with Gasteiger partial charge < -0.3 is 108 Å². The number of phenols is 1. The number of unbranched alkanes of at least 4 members (excludes halogenated alkanes) is 3. The van der Waals surface area contributed by atoms with E-state index in [1.165, 1.54) is 24.3 Å². The molecule has 1 saturated heterocycles. The zero-order valence-electron chi connectivity index (χ0n) is 55.3. The number of carbonyl (C=O) groups is 8. The van der Waals surface area contributed by atoms with E-state index in [4.69, 9.17) is 30.4 Å². The summed E-state index contributed by atoms with van der Waals surface area (Å²) in [6.45, 7) is 12.9. The van der Waals surface area contributed by atoms with Crippen molar-refractivity contribution in [3.05, 3.63) is 65.3 Å². The van der Waals surface area contributed by atoms with Gasteiger partial charge in [0.15, 0.2) is 6.29 Å². The van der Waals surface area contributed by atoms with Gasteiger partial charge in [-0.1, -0.05) is 62.1 Å². The van der Waals surface area contributed by atoms with Crippen molar-refractivity contribution in [2.45, 2.75) is 196 Å². The van der Waals surface area contributed by atoms with Gasteiger partial charge in [0.1, 0.15) is 66.5 Å². The molecule has 19 atom stereocenters. The number of carboxylic acids is 2. The number of aromatic hydroxyl groups is 1. The molecule has 2 fully saturated rings. The number of methoxy groups -OCH3 is 1. The van der Waals surface area contributed by atoms with Gasteiger partial charge in [-0.15, -0.1) is 6.58 Å². The van der Waals surface area contributed by atoms with E-state index < -0.39 is 163 Å². The van der Waals surface area contributed by atoms with Crippen molar-refractivity contribution in [2.75, 3.05) is 56.5 Å². The van der Waals surface area contributed by atoms with Crippen molar-refractivity contribution in [3.63, 3.8) is 0 Å². The summed E-state index contributed by atoms with van der Waals surface area (Å²) < 4.78 is 24.5. The largest absolute Gasteiger partial charge is 0.508 e. The van der Waals surface area contributed by atoms with Gasteiger partial charge in [0.05, 0.1) is 50.1 Å². The number of aliphatic hydroxyl groups is 7. The fourth-order valence-corrected chi connectivity index (χ4v) is 14.4. The van der Waals surface area contributed by atoms with E-state index in [1.807, 2.05) is 13.8 Å². The minimum Gasteiger partial charge on any atom is -0.508 e. The predicted octanol–water partition coefficient (Wildman–Crippen LogP) is -0.991. The van der Waals surface area contributed by atoms with Gasteiger partial charge in [0.25, 0.3) is 0 Å². The van der Waals surface area contributed by atoms with Crippen molar-refractivity contribution in [1.29, 1.82) is 0 Å². The summed E-state index contributed by atoms with van der Waals surface area (Å²) in [5.41, 5.74) is 12.1. The third-order valence-electron chi connectivity index (χ3n) is 18.3. The normalized spacial score (nSPS) is 27.7. The first-order chi connectivity index (χ1) is 45.3. The number of fused-ring (bicyclic) bond motifs is 2. The van der Waals surface area contributed by atoms with E-state index in [2.05, 4.69) is 46.2 Å². The molecule has 1 aliphatic heterocycles. The molecule has 19 N–H and O–H groups in total. The highest BCUT2D eigenvalue weighted by molar-refractivity contribution is 7.99. The molecule has 96 heavy (non-hydrogen) atoms. The van der Waals surface area contributed by atoms with Crippen molar-refractivity contribution in [2.24, 2.45) is 40.6 Å². The highest BCUT2D eigenvalue weighted by Gasteiger charge is 2.56. The molecule has 1 saturated carbocycles. The van der Waals surface area contributed by atoms with Crippen molar-refractivity contribution in [3.8, 4) is 5.75 Å².